The Kier molecular flexibility index (Phi) is 4.69. The number of carbonyl (C=O) groups is 2. The molecular weight excluding hydrogens is 296 g/mol. The van der Waals surface area contributed by atoms with Gasteiger partial charge in [0, 0.05) is 12.2 Å². The fourth-order valence-electron chi connectivity index (χ4n) is 2.50. The normalized spacial score (nSPS) is 21.4. The number of nitrogens with one attached hydrogen (secondary N) is 1. The molecule has 1 aliphatic heterocycles. The summed E-state index contributed by atoms with van der Waals surface area (Å²) in [6.07, 6.45) is 0.833. The lowest BCUT2D eigenvalue weighted by Gasteiger charge is -2.25. The number of urea groups is 1. The monoisotopic (exact) mass is 312 g/mol. The van der Waals surface area contributed by atoms with Crippen molar-refractivity contribution in [2.24, 2.45) is 5.92 Å². The van der Waals surface area contributed by atoms with Crippen LogP contribution in [0.3, 0.4) is 0 Å². The molecule has 1 aromatic carbocycles. The number of carbonyl (C=O) groups excluding carboxylic acids is 1. The zero-order valence-corrected chi connectivity index (χ0v) is 12.3. The Labute approximate surface area is 127 Å². The van der Waals surface area contributed by atoms with Gasteiger partial charge in [-0.2, -0.15) is 0 Å². The molecule has 1 fully saturated rings. The number of carboxylic acid groups (broad SMARTS) is 1. The molecule has 21 heavy (non-hydrogen) atoms. The quantitative estimate of drug-likeness (QED) is 0.798. The zero-order chi connectivity index (χ0) is 15.6. The van der Waals surface area contributed by atoms with Gasteiger partial charge in [-0.25, -0.2) is 9.59 Å². The highest BCUT2D eigenvalue weighted by atomic mass is 35.5. The van der Waals surface area contributed by atoms with E-state index in [0.29, 0.717) is 12.2 Å². The van der Waals surface area contributed by atoms with Gasteiger partial charge < -0.3 is 20.4 Å². The van der Waals surface area contributed by atoms with Crippen molar-refractivity contribution in [3.8, 4) is 0 Å². The summed E-state index contributed by atoms with van der Waals surface area (Å²) in [5, 5.41) is 21.1. The molecule has 2 rings (SSSR count). The van der Waals surface area contributed by atoms with Crippen molar-refractivity contribution < 1.29 is 19.8 Å². The van der Waals surface area contributed by atoms with Crippen molar-refractivity contribution in [3.63, 3.8) is 0 Å². The minimum atomic E-state index is -1.15. The Balaban J connectivity index is 2.13. The summed E-state index contributed by atoms with van der Waals surface area (Å²) in [6.45, 7) is 2.46. The number of likely N-dealkylation sites (tertiary alicyclic amines) is 1. The second-order valence-corrected chi connectivity index (χ2v) is 5.55. The number of benzene rings is 1. The van der Waals surface area contributed by atoms with Crippen LogP contribution in [0.25, 0.3) is 0 Å². The van der Waals surface area contributed by atoms with Gasteiger partial charge in [0.2, 0.25) is 0 Å². The van der Waals surface area contributed by atoms with Crippen LogP contribution in [0, 0.1) is 5.92 Å². The molecule has 0 radical (unpaired) electrons. The molecule has 2 amide bonds. The highest BCUT2D eigenvalue weighted by Crippen LogP contribution is 2.25. The molecule has 2 unspecified atom stereocenters. The Morgan fingerprint density at radius 3 is 2.81 bits per heavy atom. The van der Waals surface area contributed by atoms with Crippen LogP contribution < -0.4 is 5.32 Å². The fraction of sp³-hybridized carbons (Fsp3) is 0.429. The van der Waals surface area contributed by atoms with E-state index >= 15 is 0 Å². The SMILES string of the molecule is CC1CCN(C(=O)Nc2ccc(Cl)c(C(=O)O)c2)C1CO. The van der Waals surface area contributed by atoms with Crippen molar-refractivity contribution in [2.45, 2.75) is 19.4 Å². The van der Waals surface area contributed by atoms with Crippen LogP contribution >= 0.6 is 11.6 Å². The van der Waals surface area contributed by atoms with E-state index in [0.717, 1.165) is 6.42 Å². The first-order valence-corrected chi connectivity index (χ1v) is 7.03. The summed E-state index contributed by atoms with van der Waals surface area (Å²) in [7, 11) is 0. The van der Waals surface area contributed by atoms with E-state index in [2.05, 4.69) is 5.32 Å². The Bertz CT molecular complexity index is 564. The number of hydrogen-bond acceptors (Lipinski definition) is 3. The molecule has 114 valence electrons. The summed E-state index contributed by atoms with van der Waals surface area (Å²) in [5.41, 5.74) is 0.293. The van der Waals surface area contributed by atoms with E-state index in [1.54, 1.807) is 11.0 Å². The van der Waals surface area contributed by atoms with Gasteiger partial charge in [0.05, 0.1) is 23.2 Å². The van der Waals surface area contributed by atoms with E-state index < -0.39 is 5.97 Å². The number of aromatic carboxylic acids is 1. The number of rotatable bonds is 3. The van der Waals surface area contributed by atoms with Crippen LogP contribution in [-0.4, -0.2) is 46.3 Å². The number of aliphatic hydroxyl groups is 1. The third-order valence-electron chi connectivity index (χ3n) is 3.78. The van der Waals surface area contributed by atoms with Gasteiger partial charge >= 0.3 is 12.0 Å². The lowest BCUT2D eigenvalue weighted by Crippen LogP contribution is -2.42. The van der Waals surface area contributed by atoms with Crippen molar-refractivity contribution in [2.75, 3.05) is 18.5 Å². The molecule has 0 saturated carbocycles. The van der Waals surface area contributed by atoms with E-state index in [1.807, 2.05) is 6.92 Å². The van der Waals surface area contributed by atoms with Crippen molar-refractivity contribution in [1.82, 2.24) is 4.90 Å². The van der Waals surface area contributed by atoms with Gasteiger partial charge in [0.1, 0.15) is 0 Å². The lowest BCUT2D eigenvalue weighted by molar-refractivity contribution is 0.0697. The minimum absolute atomic E-state index is 0.0667. The molecule has 1 aromatic rings. The number of amides is 2. The summed E-state index contributed by atoms with van der Waals surface area (Å²) >= 11 is 5.78. The van der Waals surface area contributed by atoms with Gasteiger partial charge in [-0.3, -0.25) is 0 Å². The van der Waals surface area contributed by atoms with E-state index in [9.17, 15) is 14.7 Å². The van der Waals surface area contributed by atoms with Crippen molar-refractivity contribution in [3.05, 3.63) is 28.8 Å². The number of nitrogens with zero attached hydrogens (tertiary/aromatic N) is 1. The number of halogens is 1. The fourth-order valence-corrected chi connectivity index (χ4v) is 2.70. The Morgan fingerprint density at radius 2 is 2.19 bits per heavy atom. The average molecular weight is 313 g/mol. The third kappa shape index (κ3) is 3.28. The van der Waals surface area contributed by atoms with Crippen LogP contribution in [0.15, 0.2) is 18.2 Å². The Morgan fingerprint density at radius 1 is 1.48 bits per heavy atom. The summed E-state index contributed by atoms with van der Waals surface area (Å²) < 4.78 is 0. The lowest BCUT2D eigenvalue weighted by atomic mass is 10.0. The summed E-state index contributed by atoms with van der Waals surface area (Å²) in [4.78, 5) is 24.8. The van der Waals surface area contributed by atoms with Crippen LogP contribution in [0.5, 0.6) is 0 Å². The maximum Gasteiger partial charge on any atom is 0.337 e. The number of aliphatic hydroxyl groups excluding tert-OH is 1. The van der Waals surface area contributed by atoms with Crippen LogP contribution in [-0.2, 0) is 0 Å². The number of anilines is 1. The number of carboxylic acids is 1. The standard InChI is InChI=1S/C14H17ClN2O4/c1-8-4-5-17(12(8)7-18)14(21)16-9-2-3-11(15)10(6-9)13(19)20/h2-3,6,8,12,18H,4-5,7H2,1H3,(H,16,21)(H,19,20). The molecular formula is C14H17ClN2O4. The van der Waals surface area contributed by atoms with Crippen LogP contribution in [0.1, 0.15) is 23.7 Å². The molecule has 0 spiro atoms. The molecule has 1 aliphatic rings. The maximum absolute atomic E-state index is 12.2. The second kappa shape index (κ2) is 6.32. The van der Waals surface area contributed by atoms with E-state index in [-0.39, 0.29) is 35.2 Å². The first-order valence-electron chi connectivity index (χ1n) is 6.65. The molecule has 0 bridgehead atoms. The predicted molar refractivity (Wildman–Crippen MR) is 78.8 cm³/mol. The largest absolute Gasteiger partial charge is 0.478 e. The highest BCUT2D eigenvalue weighted by Gasteiger charge is 2.33. The predicted octanol–water partition coefficient (Wildman–Crippen LogP) is 2.27. The summed E-state index contributed by atoms with van der Waals surface area (Å²) in [6, 6.07) is 3.72. The van der Waals surface area contributed by atoms with E-state index in [4.69, 9.17) is 16.7 Å². The van der Waals surface area contributed by atoms with E-state index in [1.165, 1.54) is 12.1 Å². The van der Waals surface area contributed by atoms with Gasteiger partial charge in [0.15, 0.2) is 0 Å². The maximum atomic E-state index is 12.2. The van der Waals surface area contributed by atoms with Crippen LogP contribution in [0.2, 0.25) is 5.02 Å². The molecule has 1 saturated heterocycles. The third-order valence-corrected chi connectivity index (χ3v) is 4.11. The zero-order valence-electron chi connectivity index (χ0n) is 11.5. The first-order chi connectivity index (χ1) is 9.93. The topological polar surface area (TPSA) is 89.9 Å². The van der Waals surface area contributed by atoms with Gasteiger partial charge in [-0.1, -0.05) is 18.5 Å². The minimum Gasteiger partial charge on any atom is -0.478 e. The molecule has 3 N–H and O–H groups in total. The number of hydrogen-bond donors (Lipinski definition) is 3. The van der Waals surface area contributed by atoms with Crippen molar-refractivity contribution in [1.29, 1.82) is 0 Å². The first kappa shape index (κ1) is 15.6. The highest BCUT2D eigenvalue weighted by molar-refractivity contribution is 6.33. The Hall–Kier alpha value is -1.79. The summed E-state index contributed by atoms with van der Waals surface area (Å²) in [5.74, 6) is -0.917. The average Bonchev–Trinajstić information content (AvgIpc) is 2.81. The molecule has 2 atom stereocenters. The van der Waals surface area contributed by atoms with Crippen molar-refractivity contribution >= 4 is 29.3 Å². The molecule has 7 heteroatoms. The molecule has 0 aliphatic carbocycles. The van der Waals surface area contributed by atoms with Crippen LogP contribution in [0.4, 0.5) is 10.5 Å². The second-order valence-electron chi connectivity index (χ2n) is 5.14. The van der Waals surface area contributed by atoms with Gasteiger partial charge in [-0.15, -0.1) is 0 Å². The van der Waals surface area contributed by atoms with Gasteiger partial charge in [-0.05, 0) is 30.5 Å². The molecule has 1 heterocycles. The van der Waals surface area contributed by atoms with Gasteiger partial charge in [0.25, 0.3) is 0 Å². The molecule has 0 aromatic heterocycles. The smallest absolute Gasteiger partial charge is 0.337 e. The molecule has 6 nitrogen and oxygen atoms in total.